The molecule has 104 valence electrons. The summed E-state index contributed by atoms with van der Waals surface area (Å²) in [4.78, 5) is 12.3. The van der Waals surface area contributed by atoms with Crippen molar-refractivity contribution in [1.82, 2.24) is 0 Å². The molecular weight excluding hydrogens is 272 g/mol. The minimum Gasteiger partial charge on any atom is -0.326 e. The molecule has 0 fully saturated rings. The second kappa shape index (κ2) is 6.07. The summed E-state index contributed by atoms with van der Waals surface area (Å²) in [5.74, 6) is -0.186. The van der Waals surface area contributed by atoms with Crippen LogP contribution >= 0.6 is 11.6 Å². The van der Waals surface area contributed by atoms with Gasteiger partial charge in [-0.2, -0.15) is 0 Å². The maximum Gasteiger partial charge on any atom is 0.255 e. The van der Waals surface area contributed by atoms with E-state index in [0.29, 0.717) is 22.8 Å². The van der Waals surface area contributed by atoms with Crippen LogP contribution in [0.3, 0.4) is 0 Å². The van der Waals surface area contributed by atoms with E-state index in [1.807, 2.05) is 38.1 Å². The van der Waals surface area contributed by atoms with Gasteiger partial charge < -0.3 is 11.1 Å². The number of aryl methyl sites for hydroxylation is 2. The predicted molar refractivity (Wildman–Crippen MR) is 83.2 cm³/mol. The zero-order chi connectivity index (χ0) is 14.7. The molecule has 0 saturated carbocycles. The van der Waals surface area contributed by atoms with E-state index in [-0.39, 0.29) is 5.91 Å². The van der Waals surface area contributed by atoms with Crippen molar-refractivity contribution in [2.75, 3.05) is 5.32 Å². The Morgan fingerprint density at radius 1 is 1.25 bits per heavy atom. The molecule has 0 aliphatic heterocycles. The van der Waals surface area contributed by atoms with Crippen LogP contribution in [0.15, 0.2) is 36.4 Å². The highest BCUT2D eigenvalue weighted by Crippen LogP contribution is 2.27. The molecule has 0 bridgehead atoms. The lowest BCUT2D eigenvalue weighted by atomic mass is 10.1. The van der Waals surface area contributed by atoms with E-state index in [0.717, 1.165) is 16.7 Å². The Balaban J connectivity index is 2.28. The summed E-state index contributed by atoms with van der Waals surface area (Å²) >= 11 is 6.19. The lowest BCUT2D eigenvalue weighted by Gasteiger charge is -2.12. The number of rotatable bonds is 3. The third-order valence-electron chi connectivity index (χ3n) is 3.10. The molecule has 0 radical (unpaired) electrons. The number of benzene rings is 2. The zero-order valence-corrected chi connectivity index (χ0v) is 12.3. The smallest absolute Gasteiger partial charge is 0.255 e. The largest absolute Gasteiger partial charge is 0.326 e. The Labute approximate surface area is 123 Å². The Morgan fingerprint density at radius 2 is 2.00 bits per heavy atom. The maximum atomic E-state index is 12.3. The van der Waals surface area contributed by atoms with Gasteiger partial charge in [0.15, 0.2) is 0 Å². The molecule has 0 aliphatic carbocycles. The quantitative estimate of drug-likeness (QED) is 0.905. The summed E-state index contributed by atoms with van der Waals surface area (Å²) in [7, 11) is 0. The molecule has 3 nitrogen and oxygen atoms in total. The van der Waals surface area contributed by atoms with Crippen LogP contribution in [0.5, 0.6) is 0 Å². The Kier molecular flexibility index (Phi) is 4.42. The second-order valence-corrected chi connectivity index (χ2v) is 5.20. The van der Waals surface area contributed by atoms with Gasteiger partial charge in [-0.3, -0.25) is 4.79 Å². The van der Waals surface area contributed by atoms with Gasteiger partial charge in [0, 0.05) is 12.1 Å². The molecule has 0 unspecified atom stereocenters. The fourth-order valence-electron chi connectivity index (χ4n) is 2.10. The summed E-state index contributed by atoms with van der Waals surface area (Å²) in [5.41, 5.74) is 9.74. The van der Waals surface area contributed by atoms with Gasteiger partial charge in [-0.25, -0.2) is 0 Å². The summed E-state index contributed by atoms with van der Waals surface area (Å²) in [5, 5.41) is 3.41. The van der Waals surface area contributed by atoms with Gasteiger partial charge in [-0.05, 0) is 48.7 Å². The molecule has 0 saturated heterocycles. The van der Waals surface area contributed by atoms with Crippen molar-refractivity contribution in [1.29, 1.82) is 0 Å². The predicted octanol–water partition coefficient (Wildman–Crippen LogP) is 3.67. The monoisotopic (exact) mass is 288 g/mol. The highest BCUT2D eigenvalue weighted by molar-refractivity contribution is 6.34. The minimum atomic E-state index is -0.186. The summed E-state index contributed by atoms with van der Waals surface area (Å²) in [6, 6.07) is 11.1. The first-order valence-electron chi connectivity index (χ1n) is 6.38. The van der Waals surface area contributed by atoms with Crippen molar-refractivity contribution >= 4 is 23.2 Å². The second-order valence-electron chi connectivity index (χ2n) is 4.80. The summed E-state index contributed by atoms with van der Waals surface area (Å²) < 4.78 is 0. The Morgan fingerprint density at radius 3 is 2.65 bits per heavy atom. The zero-order valence-electron chi connectivity index (χ0n) is 11.5. The first-order valence-corrected chi connectivity index (χ1v) is 6.76. The van der Waals surface area contributed by atoms with Crippen molar-refractivity contribution in [3.05, 3.63) is 63.7 Å². The maximum absolute atomic E-state index is 12.3. The van der Waals surface area contributed by atoms with Gasteiger partial charge >= 0.3 is 0 Å². The van der Waals surface area contributed by atoms with Crippen molar-refractivity contribution in [2.24, 2.45) is 5.73 Å². The molecule has 0 aromatic heterocycles. The van der Waals surface area contributed by atoms with E-state index in [1.54, 1.807) is 12.1 Å². The van der Waals surface area contributed by atoms with E-state index in [1.165, 1.54) is 0 Å². The fraction of sp³-hybridized carbons (Fsp3) is 0.188. The van der Waals surface area contributed by atoms with Crippen LogP contribution in [0.25, 0.3) is 0 Å². The molecule has 0 heterocycles. The van der Waals surface area contributed by atoms with Gasteiger partial charge in [-0.1, -0.05) is 29.8 Å². The number of carbonyl (C=O) groups is 1. The Bertz CT molecular complexity index is 630. The number of hydrogen-bond acceptors (Lipinski definition) is 2. The van der Waals surface area contributed by atoms with Crippen LogP contribution in [-0.4, -0.2) is 5.91 Å². The number of amides is 1. The first-order chi connectivity index (χ1) is 9.51. The van der Waals surface area contributed by atoms with E-state index in [4.69, 9.17) is 17.3 Å². The number of nitrogens with one attached hydrogen (secondary N) is 1. The molecular formula is C16H17ClN2O. The molecule has 20 heavy (non-hydrogen) atoms. The molecule has 4 heteroatoms. The minimum absolute atomic E-state index is 0.186. The highest BCUT2D eigenvalue weighted by Gasteiger charge is 2.11. The van der Waals surface area contributed by atoms with Gasteiger partial charge in [0.1, 0.15) is 0 Å². The van der Waals surface area contributed by atoms with Gasteiger partial charge in [0.2, 0.25) is 0 Å². The molecule has 0 spiro atoms. The number of anilines is 1. The van der Waals surface area contributed by atoms with Crippen LogP contribution in [-0.2, 0) is 6.54 Å². The topological polar surface area (TPSA) is 55.1 Å². The van der Waals surface area contributed by atoms with Crippen LogP contribution in [0, 0.1) is 13.8 Å². The fourth-order valence-corrected chi connectivity index (χ4v) is 2.47. The average molecular weight is 289 g/mol. The molecule has 0 atom stereocenters. The third-order valence-corrected chi connectivity index (χ3v) is 3.39. The molecule has 2 aromatic rings. The normalized spacial score (nSPS) is 10.4. The van der Waals surface area contributed by atoms with Crippen LogP contribution < -0.4 is 11.1 Å². The van der Waals surface area contributed by atoms with Gasteiger partial charge in [0.25, 0.3) is 5.91 Å². The number of halogens is 1. The van der Waals surface area contributed by atoms with E-state index in [2.05, 4.69) is 5.32 Å². The van der Waals surface area contributed by atoms with Gasteiger partial charge in [-0.15, -0.1) is 0 Å². The molecule has 2 aromatic carbocycles. The van der Waals surface area contributed by atoms with Crippen molar-refractivity contribution in [3.63, 3.8) is 0 Å². The molecule has 2 rings (SSSR count). The Hall–Kier alpha value is -1.84. The number of nitrogens with two attached hydrogens (primary N) is 1. The SMILES string of the molecule is Cc1cc(C)c(NC(=O)c2cccc(CN)c2)c(Cl)c1. The standard InChI is InChI=1S/C16H17ClN2O/c1-10-6-11(2)15(14(17)7-10)19-16(20)13-5-3-4-12(8-13)9-18/h3-8H,9,18H2,1-2H3,(H,19,20). The van der Waals surface area contributed by atoms with Crippen LogP contribution in [0.2, 0.25) is 5.02 Å². The molecule has 0 aliphatic rings. The molecule has 3 N–H and O–H groups in total. The first kappa shape index (κ1) is 14.6. The van der Waals surface area contributed by atoms with Crippen molar-refractivity contribution in [2.45, 2.75) is 20.4 Å². The van der Waals surface area contributed by atoms with Crippen LogP contribution in [0.1, 0.15) is 27.0 Å². The molecule has 1 amide bonds. The average Bonchev–Trinajstić information content (AvgIpc) is 2.42. The number of hydrogen-bond donors (Lipinski definition) is 2. The van der Waals surface area contributed by atoms with E-state index in [9.17, 15) is 4.79 Å². The lowest BCUT2D eigenvalue weighted by molar-refractivity contribution is 0.102. The van der Waals surface area contributed by atoms with E-state index >= 15 is 0 Å². The number of carbonyl (C=O) groups excluding carboxylic acids is 1. The lowest BCUT2D eigenvalue weighted by Crippen LogP contribution is -2.14. The van der Waals surface area contributed by atoms with Crippen LogP contribution in [0.4, 0.5) is 5.69 Å². The van der Waals surface area contributed by atoms with Crippen molar-refractivity contribution < 1.29 is 4.79 Å². The van der Waals surface area contributed by atoms with Gasteiger partial charge in [0.05, 0.1) is 10.7 Å². The van der Waals surface area contributed by atoms with Crippen molar-refractivity contribution in [3.8, 4) is 0 Å². The summed E-state index contributed by atoms with van der Waals surface area (Å²) in [6.45, 7) is 4.30. The third kappa shape index (κ3) is 3.18. The van der Waals surface area contributed by atoms with E-state index < -0.39 is 0 Å². The summed E-state index contributed by atoms with van der Waals surface area (Å²) in [6.07, 6.45) is 0. The highest BCUT2D eigenvalue weighted by atomic mass is 35.5.